The minimum atomic E-state index is -3.47. The predicted octanol–water partition coefficient (Wildman–Crippen LogP) is 2.76. The highest BCUT2D eigenvalue weighted by Gasteiger charge is 2.33. The lowest BCUT2D eigenvalue weighted by Gasteiger charge is -2.46. The van der Waals surface area contributed by atoms with E-state index in [2.05, 4.69) is 30.7 Å². The molecular formula is C22H31N3O3S. The van der Waals surface area contributed by atoms with E-state index in [1.165, 1.54) is 18.4 Å². The maximum absolute atomic E-state index is 12.4. The molecule has 0 saturated carbocycles. The summed E-state index contributed by atoms with van der Waals surface area (Å²) in [5.41, 5.74) is 2.01. The second-order valence-electron chi connectivity index (χ2n) is 8.19. The van der Waals surface area contributed by atoms with Crippen molar-refractivity contribution >= 4 is 10.0 Å². The van der Waals surface area contributed by atoms with Gasteiger partial charge in [0.25, 0.3) is 0 Å². The monoisotopic (exact) mass is 417 g/mol. The summed E-state index contributed by atoms with van der Waals surface area (Å²) in [4.78, 5) is 5.07. The fourth-order valence-electron chi connectivity index (χ4n) is 3.99. The van der Waals surface area contributed by atoms with Gasteiger partial charge in [-0.25, -0.2) is 12.7 Å². The van der Waals surface area contributed by atoms with Crippen LogP contribution in [0.1, 0.15) is 31.0 Å². The van der Waals surface area contributed by atoms with Crippen molar-refractivity contribution in [1.29, 1.82) is 0 Å². The van der Waals surface area contributed by atoms with Gasteiger partial charge in [0.15, 0.2) is 0 Å². The summed E-state index contributed by atoms with van der Waals surface area (Å²) in [6, 6.07) is 15.1. The van der Waals surface area contributed by atoms with Gasteiger partial charge in [-0.05, 0) is 56.3 Å². The first-order chi connectivity index (χ1) is 13.6. The Morgan fingerprint density at radius 3 is 2.24 bits per heavy atom. The molecule has 0 spiro atoms. The van der Waals surface area contributed by atoms with Crippen molar-refractivity contribution < 1.29 is 13.5 Å². The molecule has 0 bridgehead atoms. The summed E-state index contributed by atoms with van der Waals surface area (Å²) in [6.45, 7) is 6.26. The molecule has 1 aliphatic rings. The number of hydrogen-bond acceptors (Lipinski definition) is 5. The summed E-state index contributed by atoms with van der Waals surface area (Å²) >= 11 is 0. The van der Waals surface area contributed by atoms with Crippen LogP contribution in [0.3, 0.4) is 0 Å². The van der Waals surface area contributed by atoms with Gasteiger partial charge in [0.1, 0.15) is 5.75 Å². The summed E-state index contributed by atoms with van der Waals surface area (Å²) in [6.07, 6.45) is 0. The average molecular weight is 418 g/mol. The highest BCUT2D eigenvalue weighted by molar-refractivity contribution is 7.89. The smallest absolute Gasteiger partial charge is 0.242 e. The Bertz CT molecular complexity index is 944. The number of nitrogens with zero attached hydrogens (tertiary/aromatic N) is 3. The first-order valence-electron chi connectivity index (χ1n) is 9.88. The lowest BCUT2D eigenvalue weighted by molar-refractivity contribution is 0.0389. The van der Waals surface area contributed by atoms with Crippen molar-refractivity contribution in [2.24, 2.45) is 0 Å². The number of phenolic OH excluding ortho intramolecular Hbond substituents is 1. The van der Waals surface area contributed by atoms with E-state index in [0.717, 1.165) is 24.2 Å². The quantitative estimate of drug-likeness (QED) is 0.811. The van der Waals surface area contributed by atoms with Crippen LogP contribution in [0.15, 0.2) is 53.4 Å². The van der Waals surface area contributed by atoms with Crippen LogP contribution in [-0.4, -0.2) is 73.9 Å². The van der Waals surface area contributed by atoms with Gasteiger partial charge < -0.3 is 10.0 Å². The van der Waals surface area contributed by atoms with Crippen molar-refractivity contribution in [2.45, 2.75) is 36.9 Å². The van der Waals surface area contributed by atoms with Gasteiger partial charge in [0.05, 0.1) is 10.9 Å². The zero-order chi connectivity index (χ0) is 21.3. The Morgan fingerprint density at radius 1 is 1.00 bits per heavy atom. The van der Waals surface area contributed by atoms with Gasteiger partial charge in [0, 0.05) is 39.3 Å². The molecule has 1 aliphatic heterocycles. The van der Waals surface area contributed by atoms with E-state index in [9.17, 15) is 13.5 Å². The van der Waals surface area contributed by atoms with Gasteiger partial charge >= 0.3 is 0 Å². The zero-order valence-electron chi connectivity index (χ0n) is 17.8. The fraction of sp³-hybridized carbons (Fsp3) is 0.455. The second-order valence-corrected chi connectivity index (χ2v) is 10.3. The number of phenols is 1. The van der Waals surface area contributed by atoms with Crippen molar-refractivity contribution in [3.05, 3.63) is 59.7 Å². The zero-order valence-corrected chi connectivity index (χ0v) is 18.6. The van der Waals surface area contributed by atoms with Crippen LogP contribution in [0.5, 0.6) is 5.75 Å². The molecule has 1 saturated heterocycles. The highest BCUT2D eigenvalue weighted by Crippen LogP contribution is 2.34. The predicted molar refractivity (Wildman–Crippen MR) is 116 cm³/mol. The van der Waals surface area contributed by atoms with Crippen LogP contribution in [0, 0.1) is 0 Å². The minimum absolute atomic E-state index is 0.0654. The van der Waals surface area contributed by atoms with Crippen molar-refractivity contribution in [2.75, 3.05) is 34.2 Å². The highest BCUT2D eigenvalue weighted by atomic mass is 32.2. The first kappa shape index (κ1) is 21.8. The van der Waals surface area contributed by atoms with E-state index in [4.69, 9.17) is 0 Å². The molecule has 29 heavy (non-hydrogen) atoms. The van der Waals surface area contributed by atoms with E-state index in [1.807, 2.05) is 24.3 Å². The molecule has 6 nitrogen and oxygen atoms in total. The van der Waals surface area contributed by atoms with E-state index in [1.54, 1.807) is 24.3 Å². The van der Waals surface area contributed by atoms with Gasteiger partial charge in [-0.15, -0.1) is 0 Å². The van der Waals surface area contributed by atoms with Crippen LogP contribution in [0.25, 0.3) is 0 Å². The Kier molecular flexibility index (Phi) is 6.33. The van der Waals surface area contributed by atoms with Gasteiger partial charge in [-0.2, -0.15) is 0 Å². The molecule has 158 valence electrons. The summed E-state index contributed by atoms with van der Waals surface area (Å²) in [7, 11) is 1.74. The third-order valence-corrected chi connectivity index (χ3v) is 7.67. The van der Waals surface area contributed by atoms with Crippen LogP contribution in [0.2, 0.25) is 0 Å². The van der Waals surface area contributed by atoms with Crippen LogP contribution in [0.4, 0.5) is 0 Å². The Balaban J connectivity index is 2.04. The number of likely N-dealkylation sites (N-methyl/N-ethyl adjacent to an activating group) is 1. The molecular weight excluding hydrogens is 386 g/mol. The number of rotatable bonds is 5. The first-order valence-corrected chi connectivity index (χ1v) is 11.3. The van der Waals surface area contributed by atoms with Crippen molar-refractivity contribution in [1.82, 2.24) is 14.1 Å². The van der Waals surface area contributed by atoms with Gasteiger partial charge in [-0.3, -0.25) is 4.90 Å². The third kappa shape index (κ3) is 4.48. The van der Waals surface area contributed by atoms with Crippen LogP contribution >= 0.6 is 0 Å². The van der Waals surface area contributed by atoms with Crippen LogP contribution < -0.4 is 0 Å². The van der Waals surface area contributed by atoms with Crippen molar-refractivity contribution in [3.63, 3.8) is 0 Å². The third-order valence-electron chi connectivity index (χ3n) is 5.84. The van der Waals surface area contributed by atoms with E-state index in [-0.39, 0.29) is 16.7 Å². The maximum atomic E-state index is 12.4. The van der Waals surface area contributed by atoms with E-state index < -0.39 is 10.0 Å². The van der Waals surface area contributed by atoms with Crippen LogP contribution in [-0.2, 0) is 10.0 Å². The number of sulfonamides is 1. The van der Waals surface area contributed by atoms with Gasteiger partial charge in [-0.1, -0.05) is 24.3 Å². The summed E-state index contributed by atoms with van der Waals surface area (Å²) in [5, 5.41) is 10.1. The summed E-state index contributed by atoms with van der Waals surface area (Å²) < 4.78 is 26.1. The Morgan fingerprint density at radius 2 is 1.66 bits per heavy atom. The molecule has 0 radical (unpaired) electrons. The van der Waals surface area contributed by atoms with Gasteiger partial charge in [0.2, 0.25) is 10.0 Å². The molecule has 3 rings (SSSR count). The molecule has 1 heterocycles. The molecule has 0 aromatic heterocycles. The SMILES string of the molecule is C[C@@H]1CN(C)[C@@H](C)CN1C(c1ccc(S(=O)(=O)N(C)C)cc1)c1cccc(O)c1. The second kappa shape index (κ2) is 8.44. The molecule has 1 N–H and O–H groups in total. The van der Waals surface area contributed by atoms with E-state index in [0.29, 0.717) is 12.1 Å². The standard InChI is InChI=1S/C22H31N3O3S/c1-16-15-25(17(2)14-24(16)5)22(19-7-6-8-20(26)13-19)18-9-11-21(12-10-18)29(27,28)23(3)4/h6-13,16-17,22,26H,14-15H2,1-5H3/t16-,17+,22?/m0/s1. The molecule has 1 fully saturated rings. The lowest BCUT2D eigenvalue weighted by Crippen LogP contribution is -2.55. The molecule has 3 atom stereocenters. The number of piperazine rings is 1. The number of aromatic hydroxyl groups is 1. The van der Waals surface area contributed by atoms with E-state index >= 15 is 0 Å². The maximum Gasteiger partial charge on any atom is 0.242 e. The molecule has 2 aromatic rings. The molecule has 1 unspecified atom stereocenters. The average Bonchev–Trinajstić information content (AvgIpc) is 2.66. The molecule has 7 heteroatoms. The Labute approximate surface area is 174 Å². The molecule has 0 aliphatic carbocycles. The number of hydrogen-bond donors (Lipinski definition) is 1. The topological polar surface area (TPSA) is 64.1 Å². The largest absolute Gasteiger partial charge is 0.508 e. The Hall–Kier alpha value is -1.93. The summed E-state index contributed by atoms with van der Waals surface area (Å²) in [5.74, 6) is 0.231. The molecule has 0 amide bonds. The van der Waals surface area contributed by atoms with Crippen molar-refractivity contribution in [3.8, 4) is 5.75 Å². The number of benzene rings is 2. The molecule has 2 aromatic carbocycles. The lowest BCUT2D eigenvalue weighted by atomic mass is 9.93. The fourth-order valence-corrected chi connectivity index (χ4v) is 4.89. The normalized spacial score (nSPS) is 22.7. The minimum Gasteiger partial charge on any atom is -0.508 e.